The Morgan fingerprint density at radius 2 is 1.81 bits per heavy atom. The SMILES string of the molecule is CC(C)CNCc1oc2cc3c(cc2c1C(C)C)CCC3. The molecule has 0 aliphatic heterocycles. The fraction of sp³-hybridized carbons (Fsp3) is 0.579. The van der Waals surface area contributed by atoms with Crippen LogP contribution in [0, 0.1) is 5.92 Å². The molecule has 2 aromatic rings. The fourth-order valence-corrected chi connectivity index (χ4v) is 3.47. The second-order valence-corrected chi connectivity index (χ2v) is 7.09. The normalized spacial score (nSPS) is 14.6. The lowest BCUT2D eigenvalue weighted by Crippen LogP contribution is -2.19. The van der Waals surface area contributed by atoms with Gasteiger partial charge in [-0.15, -0.1) is 0 Å². The quantitative estimate of drug-likeness (QED) is 0.854. The number of fused-ring (bicyclic) bond motifs is 2. The van der Waals surface area contributed by atoms with E-state index >= 15 is 0 Å². The van der Waals surface area contributed by atoms with Crippen LogP contribution >= 0.6 is 0 Å². The maximum Gasteiger partial charge on any atom is 0.134 e. The van der Waals surface area contributed by atoms with E-state index in [0.717, 1.165) is 24.4 Å². The van der Waals surface area contributed by atoms with Crippen LogP contribution in [-0.2, 0) is 19.4 Å². The molecule has 0 bridgehead atoms. The first-order valence-electron chi connectivity index (χ1n) is 8.34. The van der Waals surface area contributed by atoms with E-state index in [9.17, 15) is 0 Å². The van der Waals surface area contributed by atoms with E-state index in [0.29, 0.717) is 11.8 Å². The number of hydrogen-bond acceptors (Lipinski definition) is 2. The van der Waals surface area contributed by atoms with Crippen LogP contribution in [0.3, 0.4) is 0 Å². The monoisotopic (exact) mass is 285 g/mol. The Labute approximate surface area is 127 Å². The summed E-state index contributed by atoms with van der Waals surface area (Å²) in [7, 11) is 0. The van der Waals surface area contributed by atoms with Gasteiger partial charge in [-0.2, -0.15) is 0 Å². The minimum absolute atomic E-state index is 0.501. The van der Waals surface area contributed by atoms with E-state index < -0.39 is 0 Å². The van der Waals surface area contributed by atoms with Crippen LogP contribution < -0.4 is 5.32 Å². The number of hydrogen-bond donors (Lipinski definition) is 1. The van der Waals surface area contributed by atoms with Crippen LogP contribution in [0.15, 0.2) is 16.5 Å². The molecule has 21 heavy (non-hydrogen) atoms. The van der Waals surface area contributed by atoms with Gasteiger partial charge < -0.3 is 9.73 Å². The van der Waals surface area contributed by atoms with Gasteiger partial charge in [-0.1, -0.05) is 27.7 Å². The van der Waals surface area contributed by atoms with Crippen LogP contribution in [0.2, 0.25) is 0 Å². The summed E-state index contributed by atoms with van der Waals surface area (Å²) < 4.78 is 6.21. The molecule has 0 unspecified atom stereocenters. The van der Waals surface area contributed by atoms with Crippen molar-refractivity contribution in [1.29, 1.82) is 0 Å². The molecule has 2 nitrogen and oxygen atoms in total. The summed E-state index contributed by atoms with van der Waals surface area (Å²) in [5.41, 5.74) is 5.51. The third kappa shape index (κ3) is 2.87. The summed E-state index contributed by atoms with van der Waals surface area (Å²) >= 11 is 0. The number of benzene rings is 1. The second kappa shape index (κ2) is 5.84. The fourth-order valence-electron chi connectivity index (χ4n) is 3.47. The number of nitrogens with one attached hydrogen (secondary N) is 1. The highest BCUT2D eigenvalue weighted by atomic mass is 16.3. The molecule has 0 amide bonds. The Morgan fingerprint density at radius 1 is 1.10 bits per heavy atom. The highest BCUT2D eigenvalue weighted by molar-refractivity contribution is 5.84. The minimum Gasteiger partial charge on any atom is -0.459 e. The molecule has 1 heterocycles. The molecular weight excluding hydrogens is 258 g/mol. The molecule has 1 aromatic carbocycles. The first kappa shape index (κ1) is 14.6. The third-order valence-corrected chi connectivity index (χ3v) is 4.43. The van der Waals surface area contributed by atoms with Crippen molar-refractivity contribution in [3.05, 3.63) is 34.6 Å². The second-order valence-electron chi connectivity index (χ2n) is 7.09. The van der Waals surface area contributed by atoms with Gasteiger partial charge in [-0.05, 0) is 60.9 Å². The van der Waals surface area contributed by atoms with Gasteiger partial charge in [-0.3, -0.25) is 0 Å². The van der Waals surface area contributed by atoms with Crippen molar-refractivity contribution in [3.8, 4) is 0 Å². The Bertz CT molecular complexity index is 637. The van der Waals surface area contributed by atoms with Crippen molar-refractivity contribution in [2.45, 2.75) is 59.4 Å². The molecule has 0 spiro atoms. The Balaban J connectivity index is 1.97. The topological polar surface area (TPSA) is 25.2 Å². The molecule has 2 heteroatoms. The first-order valence-corrected chi connectivity index (χ1v) is 8.34. The minimum atomic E-state index is 0.501. The van der Waals surface area contributed by atoms with Crippen LogP contribution in [0.1, 0.15) is 62.5 Å². The van der Waals surface area contributed by atoms with Crippen LogP contribution in [-0.4, -0.2) is 6.54 Å². The van der Waals surface area contributed by atoms with Crippen LogP contribution in [0.25, 0.3) is 11.0 Å². The van der Waals surface area contributed by atoms with E-state index in [4.69, 9.17) is 4.42 Å². The lowest BCUT2D eigenvalue weighted by Gasteiger charge is -2.09. The van der Waals surface area contributed by atoms with E-state index in [1.165, 1.54) is 41.3 Å². The van der Waals surface area contributed by atoms with Crippen molar-refractivity contribution in [2.24, 2.45) is 5.92 Å². The first-order chi connectivity index (χ1) is 10.1. The summed E-state index contributed by atoms with van der Waals surface area (Å²) in [6.07, 6.45) is 3.74. The smallest absolute Gasteiger partial charge is 0.134 e. The highest BCUT2D eigenvalue weighted by Crippen LogP contribution is 2.36. The van der Waals surface area contributed by atoms with Gasteiger partial charge in [0.25, 0.3) is 0 Å². The number of aryl methyl sites for hydroxylation is 2. The van der Waals surface area contributed by atoms with E-state index in [1.54, 1.807) is 0 Å². The summed E-state index contributed by atoms with van der Waals surface area (Å²) in [4.78, 5) is 0. The highest BCUT2D eigenvalue weighted by Gasteiger charge is 2.20. The molecule has 0 radical (unpaired) electrons. The van der Waals surface area contributed by atoms with Crippen molar-refractivity contribution in [3.63, 3.8) is 0 Å². The maximum atomic E-state index is 6.21. The largest absolute Gasteiger partial charge is 0.459 e. The van der Waals surface area contributed by atoms with E-state index in [-0.39, 0.29) is 0 Å². The molecule has 1 aliphatic rings. The van der Waals surface area contributed by atoms with Crippen LogP contribution in [0.4, 0.5) is 0 Å². The standard InChI is InChI=1S/C19H27NO/c1-12(2)10-20-11-18-19(13(3)4)16-8-14-6-5-7-15(14)9-17(16)21-18/h8-9,12-13,20H,5-7,10-11H2,1-4H3. The Hall–Kier alpha value is -1.28. The van der Waals surface area contributed by atoms with Gasteiger partial charge in [0.1, 0.15) is 11.3 Å². The van der Waals surface area contributed by atoms with E-state index in [2.05, 4.69) is 45.1 Å². The molecule has 0 atom stereocenters. The zero-order chi connectivity index (χ0) is 15.0. The summed E-state index contributed by atoms with van der Waals surface area (Å²) in [5.74, 6) is 2.30. The van der Waals surface area contributed by atoms with Crippen molar-refractivity contribution in [1.82, 2.24) is 5.32 Å². The lowest BCUT2D eigenvalue weighted by molar-refractivity contribution is 0.478. The summed E-state index contributed by atoms with van der Waals surface area (Å²) in [6, 6.07) is 4.68. The van der Waals surface area contributed by atoms with Gasteiger partial charge in [0.15, 0.2) is 0 Å². The van der Waals surface area contributed by atoms with Gasteiger partial charge in [-0.25, -0.2) is 0 Å². The van der Waals surface area contributed by atoms with Crippen molar-refractivity contribution in [2.75, 3.05) is 6.54 Å². The Kier molecular flexibility index (Phi) is 4.08. The summed E-state index contributed by atoms with van der Waals surface area (Å²) in [5, 5.41) is 4.86. The predicted octanol–water partition coefficient (Wildman–Crippen LogP) is 4.79. The number of rotatable bonds is 5. The Morgan fingerprint density at radius 3 is 2.48 bits per heavy atom. The number of furan rings is 1. The van der Waals surface area contributed by atoms with Gasteiger partial charge in [0, 0.05) is 10.9 Å². The maximum absolute atomic E-state index is 6.21. The molecule has 114 valence electrons. The third-order valence-electron chi connectivity index (χ3n) is 4.43. The molecule has 1 aliphatic carbocycles. The van der Waals surface area contributed by atoms with Gasteiger partial charge in [0.05, 0.1) is 6.54 Å². The predicted molar refractivity (Wildman–Crippen MR) is 88.9 cm³/mol. The lowest BCUT2D eigenvalue weighted by atomic mass is 9.97. The molecular formula is C19H27NO. The average Bonchev–Trinajstić information content (AvgIpc) is 2.97. The molecule has 0 fully saturated rings. The molecule has 1 N–H and O–H groups in total. The molecule has 3 rings (SSSR count). The zero-order valence-electron chi connectivity index (χ0n) is 13.8. The molecule has 0 saturated carbocycles. The van der Waals surface area contributed by atoms with E-state index in [1.807, 2.05) is 0 Å². The van der Waals surface area contributed by atoms with Crippen molar-refractivity contribution >= 4 is 11.0 Å². The summed E-state index contributed by atoms with van der Waals surface area (Å²) in [6.45, 7) is 10.9. The molecule has 0 saturated heterocycles. The zero-order valence-corrected chi connectivity index (χ0v) is 13.8. The molecule has 1 aromatic heterocycles. The van der Waals surface area contributed by atoms with Gasteiger partial charge in [0.2, 0.25) is 0 Å². The van der Waals surface area contributed by atoms with Crippen molar-refractivity contribution < 1.29 is 4.42 Å². The van der Waals surface area contributed by atoms with Gasteiger partial charge >= 0.3 is 0 Å². The average molecular weight is 285 g/mol. The van der Waals surface area contributed by atoms with Crippen LogP contribution in [0.5, 0.6) is 0 Å².